The van der Waals surface area contributed by atoms with E-state index in [1.807, 2.05) is 0 Å². The first-order chi connectivity index (χ1) is 30.4. The van der Waals surface area contributed by atoms with Crippen LogP contribution in [0.1, 0.15) is 132 Å². The van der Waals surface area contributed by atoms with Gasteiger partial charge in [-0.3, -0.25) is 0 Å². The Hall–Kier alpha value is -5.80. The van der Waals surface area contributed by atoms with Crippen LogP contribution in [0.15, 0.2) is 146 Å². The number of anilines is 6. The van der Waals surface area contributed by atoms with Crippen LogP contribution in [0.2, 0.25) is 0 Å². The van der Waals surface area contributed by atoms with Crippen LogP contribution in [0.3, 0.4) is 0 Å². The molecule has 0 saturated heterocycles. The van der Waals surface area contributed by atoms with Crippen LogP contribution in [0.5, 0.6) is 0 Å². The van der Waals surface area contributed by atoms with Crippen molar-refractivity contribution in [1.29, 1.82) is 0 Å². The van der Waals surface area contributed by atoms with Gasteiger partial charge in [-0.1, -0.05) is 201 Å². The third kappa shape index (κ3) is 7.94. The summed E-state index contributed by atoms with van der Waals surface area (Å²) in [6.45, 7) is 35.1. The lowest BCUT2D eigenvalue weighted by Crippen LogP contribution is -2.61. The Kier molecular flexibility index (Phi) is 10.5. The molecule has 0 atom stereocenters. The Morgan fingerprint density at radius 1 is 0.323 bits per heavy atom. The normalized spacial score (nSPS) is 14.0. The largest absolute Gasteiger partial charge is 0.311 e. The molecule has 9 rings (SSSR count). The molecule has 3 heteroatoms. The van der Waals surface area contributed by atoms with Crippen molar-refractivity contribution in [1.82, 2.24) is 0 Å². The second kappa shape index (κ2) is 15.4. The Morgan fingerprint density at radius 3 is 1.49 bits per heavy atom. The molecule has 0 aromatic heterocycles. The summed E-state index contributed by atoms with van der Waals surface area (Å²) < 4.78 is 0. The zero-order chi connectivity index (χ0) is 46.6. The van der Waals surface area contributed by atoms with Gasteiger partial charge in [0.25, 0.3) is 6.71 Å². The van der Waals surface area contributed by atoms with E-state index in [4.69, 9.17) is 0 Å². The van der Waals surface area contributed by atoms with Crippen molar-refractivity contribution in [2.24, 2.45) is 0 Å². The van der Waals surface area contributed by atoms with Crippen molar-refractivity contribution in [3.63, 3.8) is 0 Å². The van der Waals surface area contributed by atoms with Crippen LogP contribution in [-0.2, 0) is 27.1 Å². The lowest BCUT2D eigenvalue weighted by molar-refractivity contribution is 0.530. The second-order valence-corrected chi connectivity index (χ2v) is 24.0. The molecule has 0 unspecified atom stereocenters. The summed E-state index contributed by atoms with van der Waals surface area (Å²) in [5.74, 6) is 0. The van der Waals surface area contributed by atoms with Crippen molar-refractivity contribution in [3.8, 4) is 22.3 Å². The molecule has 7 aromatic rings. The molecule has 0 N–H and O–H groups in total. The van der Waals surface area contributed by atoms with E-state index in [-0.39, 0.29) is 33.8 Å². The highest BCUT2D eigenvalue weighted by atomic mass is 15.2. The van der Waals surface area contributed by atoms with Crippen LogP contribution in [0.25, 0.3) is 22.3 Å². The average molecular weight is 853 g/mol. The number of nitrogens with zero attached hydrogens (tertiary/aromatic N) is 2. The average Bonchev–Trinajstić information content (AvgIpc) is 3.24. The van der Waals surface area contributed by atoms with E-state index in [0.717, 1.165) is 0 Å². The highest BCUT2D eigenvalue weighted by Crippen LogP contribution is 2.49. The molecule has 0 fully saturated rings. The molecule has 2 nitrogen and oxygen atoms in total. The van der Waals surface area contributed by atoms with E-state index in [0.29, 0.717) is 0 Å². The lowest BCUT2D eigenvalue weighted by Gasteiger charge is -2.45. The first-order valence-corrected chi connectivity index (χ1v) is 23.9. The van der Waals surface area contributed by atoms with Gasteiger partial charge in [-0.05, 0) is 137 Å². The van der Waals surface area contributed by atoms with Gasteiger partial charge in [0.2, 0.25) is 0 Å². The third-order valence-corrected chi connectivity index (χ3v) is 14.0. The van der Waals surface area contributed by atoms with E-state index in [1.165, 1.54) is 101 Å². The summed E-state index contributed by atoms with van der Waals surface area (Å²) in [5.41, 5.74) is 23.0. The van der Waals surface area contributed by atoms with Gasteiger partial charge in [0.05, 0.1) is 5.69 Å². The topological polar surface area (TPSA) is 6.48 Å². The molecule has 2 heterocycles. The van der Waals surface area contributed by atoms with Gasteiger partial charge in [-0.15, -0.1) is 0 Å². The Labute approximate surface area is 391 Å². The van der Waals surface area contributed by atoms with Crippen molar-refractivity contribution < 1.29 is 0 Å². The predicted octanol–water partition coefficient (Wildman–Crippen LogP) is 15.6. The van der Waals surface area contributed by atoms with E-state index in [1.54, 1.807) is 0 Å². The van der Waals surface area contributed by atoms with Crippen LogP contribution < -0.4 is 26.2 Å². The van der Waals surface area contributed by atoms with Gasteiger partial charge in [-0.25, -0.2) is 0 Å². The highest BCUT2D eigenvalue weighted by molar-refractivity contribution is 7.00. The number of fused-ring (bicyclic) bond motifs is 4. The summed E-state index contributed by atoms with van der Waals surface area (Å²) >= 11 is 0. The maximum Gasteiger partial charge on any atom is 0.252 e. The lowest BCUT2D eigenvalue weighted by atomic mass is 9.33. The Morgan fingerprint density at radius 2 is 0.877 bits per heavy atom. The molecule has 65 heavy (non-hydrogen) atoms. The fraction of sp³-hybridized carbons (Fsp3) is 0.323. The van der Waals surface area contributed by atoms with E-state index in [9.17, 15) is 0 Å². The number of rotatable bonds is 4. The monoisotopic (exact) mass is 853 g/mol. The smallest absolute Gasteiger partial charge is 0.252 e. The van der Waals surface area contributed by atoms with Crippen LogP contribution >= 0.6 is 0 Å². The fourth-order valence-electron chi connectivity index (χ4n) is 10.3. The third-order valence-electron chi connectivity index (χ3n) is 14.0. The molecule has 0 aliphatic carbocycles. The van der Waals surface area contributed by atoms with Gasteiger partial charge in [-0.2, -0.15) is 0 Å². The van der Waals surface area contributed by atoms with Gasteiger partial charge in [0, 0.05) is 34.0 Å². The Balaban J connectivity index is 1.38. The molecular formula is C62H69BN2. The van der Waals surface area contributed by atoms with Crippen molar-refractivity contribution in [2.45, 2.75) is 131 Å². The second-order valence-electron chi connectivity index (χ2n) is 24.0. The SMILES string of the molecule is CC(C)(C)c1ccc(N2c3ccc(C(C)(C)C)cc3B3c4ccc(C(C)(C)C)cc4N(c4ccc(-c5ccccc5)cc4-c4ccc(C(C)(C)C)c(C(C)(C)C)c4)c4cccc2c43)cc1. The van der Waals surface area contributed by atoms with Crippen molar-refractivity contribution in [2.75, 3.05) is 9.80 Å². The van der Waals surface area contributed by atoms with Crippen LogP contribution in [0, 0.1) is 0 Å². The molecule has 0 saturated carbocycles. The summed E-state index contributed by atoms with van der Waals surface area (Å²) in [5, 5.41) is 0. The first-order valence-electron chi connectivity index (χ1n) is 23.9. The van der Waals surface area contributed by atoms with Gasteiger partial charge >= 0.3 is 0 Å². The minimum Gasteiger partial charge on any atom is -0.311 e. The van der Waals surface area contributed by atoms with Crippen molar-refractivity contribution in [3.05, 3.63) is 173 Å². The summed E-state index contributed by atoms with van der Waals surface area (Å²) in [6, 6.07) is 56.4. The van der Waals surface area contributed by atoms with Crippen LogP contribution in [0.4, 0.5) is 34.1 Å². The maximum atomic E-state index is 2.62. The van der Waals surface area contributed by atoms with E-state index in [2.05, 4.69) is 259 Å². The first kappa shape index (κ1) is 44.4. The molecule has 7 aromatic carbocycles. The molecule has 2 aliphatic heterocycles. The quantitative estimate of drug-likeness (QED) is 0.163. The van der Waals surface area contributed by atoms with E-state index >= 15 is 0 Å². The minimum absolute atomic E-state index is 0.00519. The molecular weight excluding hydrogens is 784 g/mol. The maximum absolute atomic E-state index is 2.62. The number of hydrogen-bond acceptors (Lipinski definition) is 2. The summed E-state index contributed by atoms with van der Waals surface area (Å²) in [6.07, 6.45) is 0. The molecule has 0 amide bonds. The molecule has 0 bridgehead atoms. The summed E-state index contributed by atoms with van der Waals surface area (Å²) in [7, 11) is 0. The molecule has 0 spiro atoms. The molecule has 330 valence electrons. The Bertz CT molecular complexity index is 2940. The standard InChI is InChI=1S/C62H69BN2/c1-58(2,3)43-26-30-46(31-27-43)64-53-35-29-44(59(4,5)6)38-51(53)63-50-33-28-45(60(7,8)9)39-56(50)65(55-23-19-22-54(64)57(55)63)52-34-25-41(40-20-17-16-18-21-40)36-47(52)42-24-32-48(61(10,11)12)49(37-42)62(13,14)15/h16-39H,1-15H3. The zero-order valence-corrected chi connectivity index (χ0v) is 41.8. The van der Waals surface area contributed by atoms with Crippen LogP contribution in [-0.4, -0.2) is 6.71 Å². The summed E-state index contributed by atoms with van der Waals surface area (Å²) in [4.78, 5) is 5.16. The van der Waals surface area contributed by atoms with E-state index < -0.39 is 0 Å². The number of hydrogen-bond donors (Lipinski definition) is 0. The van der Waals surface area contributed by atoms with Gasteiger partial charge < -0.3 is 9.80 Å². The van der Waals surface area contributed by atoms with Crippen molar-refractivity contribution >= 4 is 57.2 Å². The van der Waals surface area contributed by atoms with Gasteiger partial charge in [0.15, 0.2) is 0 Å². The van der Waals surface area contributed by atoms with Gasteiger partial charge in [0.1, 0.15) is 0 Å². The predicted molar refractivity (Wildman–Crippen MR) is 285 cm³/mol. The molecule has 2 aliphatic rings. The fourth-order valence-corrected chi connectivity index (χ4v) is 10.3. The number of benzene rings is 7. The zero-order valence-electron chi connectivity index (χ0n) is 41.8. The minimum atomic E-state index is -0.0485. The molecule has 0 radical (unpaired) electrons. The highest BCUT2D eigenvalue weighted by Gasteiger charge is 2.44.